The molecule has 0 spiro atoms. The van der Waals surface area contributed by atoms with Gasteiger partial charge in [-0.2, -0.15) is 4.52 Å². The minimum Gasteiger partial charge on any atom is -0.398 e. The second-order valence-electron chi connectivity index (χ2n) is 3.25. The van der Waals surface area contributed by atoms with E-state index in [1.165, 1.54) is 11.3 Å². The molecular formula is C9H8N6S. The maximum absolute atomic E-state index is 5.87. The molecule has 0 saturated carbocycles. The third-order valence-corrected chi connectivity index (χ3v) is 2.94. The van der Waals surface area contributed by atoms with Crippen LogP contribution in [0.4, 0.5) is 10.8 Å². The Morgan fingerprint density at radius 3 is 2.75 bits per heavy atom. The Morgan fingerprint density at radius 2 is 1.94 bits per heavy atom. The van der Waals surface area contributed by atoms with Gasteiger partial charge in [0, 0.05) is 11.3 Å². The zero-order valence-corrected chi connectivity index (χ0v) is 8.98. The Labute approximate surface area is 94.5 Å². The van der Waals surface area contributed by atoms with Crippen molar-refractivity contribution in [2.45, 2.75) is 0 Å². The molecular weight excluding hydrogens is 224 g/mol. The SMILES string of the molecule is Nc1nn2c(-c3ccccc3N)nnc2s1. The number of para-hydroxylation sites is 1. The maximum Gasteiger partial charge on any atom is 0.236 e. The van der Waals surface area contributed by atoms with Crippen molar-refractivity contribution in [3.8, 4) is 11.4 Å². The van der Waals surface area contributed by atoms with Crippen molar-refractivity contribution in [1.29, 1.82) is 0 Å². The van der Waals surface area contributed by atoms with Gasteiger partial charge in [-0.15, -0.1) is 15.3 Å². The highest BCUT2D eigenvalue weighted by Crippen LogP contribution is 2.26. The highest BCUT2D eigenvalue weighted by molar-refractivity contribution is 7.20. The van der Waals surface area contributed by atoms with E-state index in [0.717, 1.165) is 5.56 Å². The van der Waals surface area contributed by atoms with Gasteiger partial charge in [-0.1, -0.05) is 23.5 Å². The first-order valence-electron chi connectivity index (χ1n) is 4.58. The molecule has 3 aromatic rings. The molecule has 7 heteroatoms. The van der Waals surface area contributed by atoms with Crippen LogP contribution in [0.3, 0.4) is 0 Å². The predicted octanol–water partition coefficient (Wildman–Crippen LogP) is 1.02. The van der Waals surface area contributed by atoms with Gasteiger partial charge in [-0.3, -0.25) is 0 Å². The third-order valence-electron chi connectivity index (χ3n) is 2.21. The second-order valence-corrected chi connectivity index (χ2v) is 4.23. The van der Waals surface area contributed by atoms with Crippen LogP contribution < -0.4 is 11.5 Å². The van der Waals surface area contributed by atoms with Crippen LogP contribution in [0.25, 0.3) is 16.3 Å². The molecule has 3 rings (SSSR count). The fraction of sp³-hybridized carbons (Fsp3) is 0. The third kappa shape index (κ3) is 1.22. The largest absolute Gasteiger partial charge is 0.398 e. The number of nitrogen functional groups attached to an aromatic ring is 2. The van der Waals surface area contributed by atoms with E-state index in [2.05, 4.69) is 15.3 Å². The molecule has 0 amide bonds. The second kappa shape index (κ2) is 3.17. The summed E-state index contributed by atoms with van der Waals surface area (Å²) in [5.41, 5.74) is 12.9. The smallest absolute Gasteiger partial charge is 0.236 e. The molecule has 0 aliphatic carbocycles. The standard InChI is InChI=1S/C9H8N6S/c10-6-4-2-1-3-5(6)7-12-13-9-15(7)14-8(11)16-9/h1-4H,10H2,(H2,11,14). The van der Waals surface area contributed by atoms with E-state index in [-0.39, 0.29) is 0 Å². The van der Waals surface area contributed by atoms with Crippen LogP contribution >= 0.6 is 11.3 Å². The summed E-state index contributed by atoms with van der Waals surface area (Å²) in [4.78, 5) is 0.663. The maximum atomic E-state index is 5.87. The average Bonchev–Trinajstić information content (AvgIpc) is 2.78. The summed E-state index contributed by atoms with van der Waals surface area (Å²) in [7, 11) is 0. The molecule has 0 unspecified atom stereocenters. The lowest BCUT2D eigenvalue weighted by Crippen LogP contribution is -1.96. The van der Waals surface area contributed by atoms with Crippen molar-refractivity contribution in [3.05, 3.63) is 24.3 Å². The predicted molar refractivity (Wildman–Crippen MR) is 62.9 cm³/mol. The van der Waals surface area contributed by atoms with Gasteiger partial charge in [-0.05, 0) is 12.1 Å². The number of nitrogens with two attached hydrogens (primary N) is 2. The zero-order chi connectivity index (χ0) is 11.1. The molecule has 0 aliphatic rings. The topological polar surface area (TPSA) is 95.1 Å². The molecule has 0 radical (unpaired) electrons. The summed E-state index contributed by atoms with van der Waals surface area (Å²) in [6, 6.07) is 7.45. The van der Waals surface area contributed by atoms with Gasteiger partial charge in [0.25, 0.3) is 0 Å². The first-order valence-corrected chi connectivity index (χ1v) is 5.40. The minimum absolute atomic E-state index is 0.459. The first kappa shape index (κ1) is 9.10. The van der Waals surface area contributed by atoms with Crippen molar-refractivity contribution in [2.24, 2.45) is 0 Å². The fourth-order valence-corrected chi connectivity index (χ4v) is 2.11. The van der Waals surface area contributed by atoms with Crippen LogP contribution in [0.2, 0.25) is 0 Å². The first-order chi connectivity index (χ1) is 7.75. The molecule has 0 fully saturated rings. The van der Waals surface area contributed by atoms with Crippen molar-refractivity contribution >= 4 is 27.1 Å². The highest BCUT2D eigenvalue weighted by Gasteiger charge is 2.13. The normalized spacial score (nSPS) is 11.0. The van der Waals surface area contributed by atoms with Gasteiger partial charge >= 0.3 is 0 Å². The summed E-state index contributed by atoms with van der Waals surface area (Å²) in [6.45, 7) is 0. The lowest BCUT2D eigenvalue weighted by atomic mass is 10.2. The summed E-state index contributed by atoms with van der Waals surface area (Å²) < 4.78 is 1.60. The summed E-state index contributed by atoms with van der Waals surface area (Å²) in [5, 5.41) is 12.6. The minimum atomic E-state index is 0.459. The molecule has 6 nitrogen and oxygen atoms in total. The molecule has 0 bridgehead atoms. The lowest BCUT2D eigenvalue weighted by Gasteiger charge is -2.00. The van der Waals surface area contributed by atoms with Gasteiger partial charge in [0.1, 0.15) is 0 Å². The average molecular weight is 232 g/mol. The number of anilines is 2. The van der Waals surface area contributed by atoms with Crippen LogP contribution in [0.5, 0.6) is 0 Å². The molecule has 0 aliphatic heterocycles. The molecule has 16 heavy (non-hydrogen) atoms. The van der Waals surface area contributed by atoms with Crippen molar-refractivity contribution in [3.63, 3.8) is 0 Å². The van der Waals surface area contributed by atoms with Crippen LogP contribution in [0.15, 0.2) is 24.3 Å². The van der Waals surface area contributed by atoms with Crippen molar-refractivity contribution < 1.29 is 0 Å². The number of rotatable bonds is 1. The van der Waals surface area contributed by atoms with Crippen LogP contribution in [0.1, 0.15) is 0 Å². The lowest BCUT2D eigenvalue weighted by molar-refractivity contribution is 0.973. The Bertz CT molecular complexity index is 655. The number of fused-ring (bicyclic) bond motifs is 1. The van der Waals surface area contributed by atoms with Crippen molar-refractivity contribution in [2.75, 3.05) is 11.5 Å². The van der Waals surface area contributed by atoms with Crippen LogP contribution in [-0.2, 0) is 0 Å². The van der Waals surface area contributed by atoms with Gasteiger partial charge in [0.15, 0.2) is 5.82 Å². The molecule has 2 heterocycles. The molecule has 1 aromatic carbocycles. The zero-order valence-electron chi connectivity index (χ0n) is 8.16. The Hall–Kier alpha value is -2.15. The van der Waals surface area contributed by atoms with Crippen LogP contribution in [0, 0.1) is 0 Å². The van der Waals surface area contributed by atoms with Crippen molar-refractivity contribution in [1.82, 2.24) is 19.8 Å². The summed E-state index contributed by atoms with van der Waals surface area (Å²) >= 11 is 1.29. The van der Waals surface area contributed by atoms with Gasteiger partial charge in [0.2, 0.25) is 10.1 Å². The van der Waals surface area contributed by atoms with E-state index in [4.69, 9.17) is 11.5 Å². The molecule has 0 atom stereocenters. The quantitative estimate of drug-likeness (QED) is 0.611. The Kier molecular flexibility index (Phi) is 1.80. The fourth-order valence-electron chi connectivity index (χ4n) is 1.50. The number of hydrogen-bond donors (Lipinski definition) is 2. The molecule has 80 valence electrons. The molecule has 4 N–H and O–H groups in total. The number of hydrogen-bond acceptors (Lipinski definition) is 6. The van der Waals surface area contributed by atoms with E-state index in [9.17, 15) is 0 Å². The van der Waals surface area contributed by atoms with Gasteiger partial charge in [-0.25, -0.2) is 0 Å². The highest BCUT2D eigenvalue weighted by atomic mass is 32.1. The van der Waals surface area contributed by atoms with Crippen LogP contribution in [-0.4, -0.2) is 19.8 Å². The summed E-state index contributed by atoms with van der Waals surface area (Å²) in [5.74, 6) is 0.612. The number of nitrogens with zero attached hydrogens (tertiary/aromatic N) is 4. The van der Waals surface area contributed by atoms with Gasteiger partial charge < -0.3 is 11.5 Å². The van der Waals surface area contributed by atoms with E-state index in [1.54, 1.807) is 4.52 Å². The molecule has 2 aromatic heterocycles. The molecule has 0 saturated heterocycles. The Morgan fingerprint density at radius 1 is 1.12 bits per heavy atom. The van der Waals surface area contributed by atoms with E-state index >= 15 is 0 Å². The van der Waals surface area contributed by atoms with E-state index < -0.39 is 0 Å². The number of aromatic nitrogens is 4. The summed E-state index contributed by atoms with van der Waals surface area (Å²) in [6.07, 6.45) is 0. The number of benzene rings is 1. The van der Waals surface area contributed by atoms with E-state index in [0.29, 0.717) is 21.6 Å². The van der Waals surface area contributed by atoms with Gasteiger partial charge in [0.05, 0.1) is 0 Å². The monoisotopic (exact) mass is 232 g/mol. The van der Waals surface area contributed by atoms with E-state index in [1.807, 2.05) is 24.3 Å². The Balaban J connectivity index is 2.30.